The quantitative estimate of drug-likeness (QED) is 0.650. The summed E-state index contributed by atoms with van der Waals surface area (Å²) in [5, 5.41) is 20.8. The molecule has 2 rings (SSSR count). The van der Waals surface area contributed by atoms with E-state index in [9.17, 15) is 14.7 Å². The molecule has 0 atom stereocenters. The summed E-state index contributed by atoms with van der Waals surface area (Å²) in [7, 11) is 0. The second kappa shape index (κ2) is 4.40. The van der Waals surface area contributed by atoms with Crippen molar-refractivity contribution in [2.75, 3.05) is 6.54 Å². The van der Waals surface area contributed by atoms with Crippen LogP contribution in [0.2, 0.25) is 0 Å². The van der Waals surface area contributed by atoms with Crippen molar-refractivity contribution >= 4 is 22.8 Å². The Bertz CT molecular complexity index is 630. The number of hydrogen-bond acceptors (Lipinski definition) is 3. The molecule has 18 heavy (non-hydrogen) atoms. The fourth-order valence-corrected chi connectivity index (χ4v) is 1.86. The molecule has 1 aromatic heterocycles. The van der Waals surface area contributed by atoms with Crippen LogP contribution >= 0.6 is 0 Å². The van der Waals surface area contributed by atoms with Crippen molar-refractivity contribution < 1.29 is 19.8 Å². The highest BCUT2D eigenvalue weighted by Crippen LogP contribution is 2.25. The lowest BCUT2D eigenvalue weighted by Gasteiger charge is -2.02. The highest BCUT2D eigenvalue weighted by Gasteiger charge is 2.16. The number of carbonyl (C=O) groups is 2. The van der Waals surface area contributed by atoms with Gasteiger partial charge >= 0.3 is 5.97 Å². The number of nitrogens with one attached hydrogen (secondary N) is 2. The summed E-state index contributed by atoms with van der Waals surface area (Å²) >= 11 is 0. The number of rotatable bonds is 3. The minimum absolute atomic E-state index is 0.0984. The molecule has 0 radical (unpaired) electrons. The summed E-state index contributed by atoms with van der Waals surface area (Å²) in [6.07, 6.45) is 0. The summed E-state index contributed by atoms with van der Waals surface area (Å²) in [6.45, 7) is 1.29. The zero-order chi connectivity index (χ0) is 13.3. The number of benzene rings is 1. The number of phenols is 1. The number of carboxylic acid groups (broad SMARTS) is 1. The molecule has 0 bridgehead atoms. The Balaban J connectivity index is 2.41. The van der Waals surface area contributed by atoms with Gasteiger partial charge in [0.1, 0.15) is 12.3 Å². The molecule has 0 saturated heterocycles. The second-order valence-corrected chi connectivity index (χ2v) is 3.93. The minimum Gasteiger partial charge on any atom is -0.508 e. The molecule has 1 heterocycles. The molecule has 0 aliphatic heterocycles. The van der Waals surface area contributed by atoms with Gasteiger partial charge in [-0.05, 0) is 19.1 Å². The predicted octanol–water partition coefficient (Wildman–Crippen LogP) is 0.996. The van der Waals surface area contributed by atoms with Crippen molar-refractivity contribution in [3.8, 4) is 5.75 Å². The number of amides is 1. The first-order valence-corrected chi connectivity index (χ1v) is 5.30. The molecule has 6 heteroatoms. The van der Waals surface area contributed by atoms with Gasteiger partial charge in [0, 0.05) is 17.1 Å². The van der Waals surface area contributed by atoms with E-state index in [0.717, 1.165) is 0 Å². The highest BCUT2D eigenvalue weighted by molar-refractivity contribution is 6.08. The third kappa shape index (κ3) is 2.13. The van der Waals surface area contributed by atoms with Crippen LogP contribution < -0.4 is 5.32 Å². The maximum atomic E-state index is 11.9. The lowest BCUT2D eigenvalue weighted by molar-refractivity contribution is -0.135. The normalized spacial score (nSPS) is 10.5. The van der Waals surface area contributed by atoms with E-state index in [1.807, 2.05) is 0 Å². The number of carboxylic acids is 1. The monoisotopic (exact) mass is 248 g/mol. The Kier molecular flexibility index (Phi) is 2.93. The van der Waals surface area contributed by atoms with Crippen LogP contribution in [0.1, 0.15) is 16.1 Å². The molecular weight excluding hydrogens is 236 g/mol. The average Bonchev–Trinajstić information content (AvgIpc) is 2.61. The number of hydrogen-bond donors (Lipinski definition) is 4. The Hall–Kier alpha value is -2.50. The van der Waals surface area contributed by atoms with E-state index < -0.39 is 18.4 Å². The molecule has 0 aliphatic carbocycles. The van der Waals surface area contributed by atoms with Gasteiger partial charge in [-0.2, -0.15) is 0 Å². The fraction of sp³-hybridized carbons (Fsp3) is 0.167. The van der Waals surface area contributed by atoms with Crippen LogP contribution in [0.5, 0.6) is 5.75 Å². The number of aromatic hydroxyl groups is 1. The Morgan fingerprint density at radius 3 is 2.78 bits per heavy atom. The van der Waals surface area contributed by atoms with Gasteiger partial charge in [0.05, 0.1) is 11.1 Å². The van der Waals surface area contributed by atoms with E-state index in [1.54, 1.807) is 13.0 Å². The Morgan fingerprint density at radius 2 is 2.11 bits per heavy atom. The number of aryl methyl sites for hydroxylation is 1. The zero-order valence-electron chi connectivity index (χ0n) is 9.65. The SMILES string of the molecule is Cc1[nH]c2cc(O)ccc2c1C(=O)NCC(=O)O. The first-order valence-electron chi connectivity index (χ1n) is 5.30. The number of aromatic amines is 1. The molecule has 2 aromatic rings. The summed E-state index contributed by atoms with van der Waals surface area (Å²) in [5.41, 5.74) is 1.65. The van der Waals surface area contributed by atoms with E-state index in [-0.39, 0.29) is 5.75 Å². The van der Waals surface area contributed by atoms with E-state index >= 15 is 0 Å². The van der Waals surface area contributed by atoms with Crippen molar-refractivity contribution in [3.05, 3.63) is 29.5 Å². The summed E-state index contributed by atoms with van der Waals surface area (Å²) in [5.74, 6) is -1.45. The Morgan fingerprint density at radius 1 is 1.39 bits per heavy atom. The van der Waals surface area contributed by atoms with Gasteiger partial charge < -0.3 is 20.5 Å². The molecule has 4 N–H and O–H groups in total. The van der Waals surface area contributed by atoms with E-state index in [2.05, 4.69) is 10.3 Å². The third-order valence-corrected chi connectivity index (χ3v) is 2.60. The summed E-state index contributed by atoms with van der Waals surface area (Å²) < 4.78 is 0. The van der Waals surface area contributed by atoms with Crippen LogP contribution in [0.3, 0.4) is 0 Å². The van der Waals surface area contributed by atoms with Crippen molar-refractivity contribution in [1.82, 2.24) is 10.3 Å². The molecule has 1 amide bonds. The van der Waals surface area contributed by atoms with Crippen molar-refractivity contribution in [1.29, 1.82) is 0 Å². The topological polar surface area (TPSA) is 102 Å². The molecular formula is C12H12N2O4. The average molecular weight is 248 g/mol. The van der Waals surface area contributed by atoms with Crippen molar-refractivity contribution in [2.45, 2.75) is 6.92 Å². The standard InChI is InChI=1S/C12H12N2O4/c1-6-11(12(18)13-5-10(16)17)8-3-2-7(15)4-9(8)14-6/h2-4,14-15H,5H2,1H3,(H,13,18)(H,16,17). The maximum absolute atomic E-state index is 11.9. The van der Waals surface area contributed by atoms with Gasteiger partial charge in [-0.25, -0.2) is 0 Å². The third-order valence-electron chi connectivity index (χ3n) is 2.60. The largest absolute Gasteiger partial charge is 0.508 e. The van der Waals surface area contributed by atoms with Crippen LogP contribution in [0.15, 0.2) is 18.2 Å². The van der Waals surface area contributed by atoms with Gasteiger partial charge in [-0.1, -0.05) is 0 Å². The molecule has 94 valence electrons. The van der Waals surface area contributed by atoms with Gasteiger partial charge in [0.15, 0.2) is 0 Å². The molecule has 0 unspecified atom stereocenters. The van der Waals surface area contributed by atoms with Gasteiger partial charge in [-0.3, -0.25) is 9.59 Å². The number of aliphatic carboxylic acids is 1. The molecule has 6 nitrogen and oxygen atoms in total. The van der Waals surface area contributed by atoms with Crippen LogP contribution in [-0.4, -0.2) is 33.6 Å². The van der Waals surface area contributed by atoms with E-state index in [1.165, 1.54) is 12.1 Å². The molecule has 0 spiro atoms. The highest BCUT2D eigenvalue weighted by atomic mass is 16.4. The number of aromatic nitrogens is 1. The summed E-state index contributed by atoms with van der Waals surface area (Å²) in [6, 6.07) is 4.60. The number of H-pyrrole nitrogens is 1. The lowest BCUT2D eigenvalue weighted by atomic mass is 10.1. The van der Waals surface area contributed by atoms with Crippen molar-refractivity contribution in [3.63, 3.8) is 0 Å². The fourth-order valence-electron chi connectivity index (χ4n) is 1.86. The maximum Gasteiger partial charge on any atom is 0.322 e. The minimum atomic E-state index is -1.10. The Labute approximate surface area is 102 Å². The van der Waals surface area contributed by atoms with Gasteiger partial charge in [0.25, 0.3) is 5.91 Å². The smallest absolute Gasteiger partial charge is 0.322 e. The number of carbonyl (C=O) groups excluding carboxylic acids is 1. The van der Waals surface area contributed by atoms with Gasteiger partial charge in [0.2, 0.25) is 0 Å². The van der Waals surface area contributed by atoms with Crippen LogP contribution in [-0.2, 0) is 4.79 Å². The van der Waals surface area contributed by atoms with Crippen LogP contribution in [0.4, 0.5) is 0 Å². The first-order chi connectivity index (χ1) is 8.49. The first kappa shape index (κ1) is 12.0. The predicted molar refractivity (Wildman–Crippen MR) is 64.7 cm³/mol. The molecule has 0 fully saturated rings. The zero-order valence-corrected chi connectivity index (χ0v) is 9.65. The molecule has 0 saturated carbocycles. The van der Waals surface area contributed by atoms with Crippen LogP contribution in [0, 0.1) is 6.92 Å². The van der Waals surface area contributed by atoms with Gasteiger partial charge in [-0.15, -0.1) is 0 Å². The second-order valence-electron chi connectivity index (χ2n) is 3.93. The number of fused-ring (bicyclic) bond motifs is 1. The summed E-state index contributed by atoms with van der Waals surface area (Å²) in [4.78, 5) is 25.3. The van der Waals surface area contributed by atoms with Crippen molar-refractivity contribution in [2.24, 2.45) is 0 Å². The lowest BCUT2D eigenvalue weighted by Crippen LogP contribution is -2.29. The van der Waals surface area contributed by atoms with Crippen LogP contribution in [0.25, 0.3) is 10.9 Å². The molecule has 0 aliphatic rings. The molecule has 1 aromatic carbocycles. The van der Waals surface area contributed by atoms with E-state index in [0.29, 0.717) is 22.2 Å². The van der Waals surface area contributed by atoms with E-state index in [4.69, 9.17) is 5.11 Å². The number of phenolic OH excluding ortho intramolecular Hbond substituents is 1.